The van der Waals surface area contributed by atoms with E-state index < -0.39 is 0 Å². The van der Waals surface area contributed by atoms with Crippen LogP contribution in [0.5, 0.6) is 5.75 Å². The molecule has 0 atom stereocenters. The van der Waals surface area contributed by atoms with Crippen LogP contribution in [0.3, 0.4) is 0 Å². The van der Waals surface area contributed by atoms with Gasteiger partial charge in [0.2, 0.25) is 0 Å². The third-order valence-electron chi connectivity index (χ3n) is 2.08. The van der Waals surface area contributed by atoms with Crippen molar-refractivity contribution in [1.29, 1.82) is 0 Å². The largest absolute Gasteiger partial charge is 0.489 e. The number of rotatable bonds is 4. The van der Waals surface area contributed by atoms with Crippen LogP contribution in [0.1, 0.15) is 19.4 Å². The minimum Gasteiger partial charge on any atom is -0.489 e. The lowest BCUT2D eigenvalue weighted by molar-refractivity contribution is 0.352. The molecule has 0 saturated carbocycles. The highest BCUT2D eigenvalue weighted by Gasteiger charge is 1.98. The van der Waals surface area contributed by atoms with Gasteiger partial charge < -0.3 is 4.74 Å². The third-order valence-corrected chi connectivity index (χ3v) is 2.08. The molecular weight excluding hydrogens is 184 g/mol. The van der Waals surface area contributed by atoms with E-state index in [1.54, 1.807) is 0 Å². The van der Waals surface area contributed by atoms with Crippen molar-refractivity contribution >= 4 is 5.57 Å². The summed E-state index contributed by atoms with van der Waals surface area (Å²) >= 11 is 0. The van der Waals surface area contributed by atoms with E-state index >= 15 is 0 Å². The second kappa shape index (κ2) is 5.40. The topological polar surface area (TPSA) is 9.23 Å². The molecule has 0 fully saturated rings. The Morgan fingerprint density at radius 1 is 1.40 bits per heavy atom. The van der Waals surface area contributed by atoms with Gasteiger partial charge >= 0.3 is 0 Å². The summed E-state index contributed by atoms with van der Waals surface area (Å²) in [6.07, 6.45) is 1.85. The standard InChI is InChI=1S/C14H17O/c1-5-12(4)13-7-6-8-14(9-13)15-10-11(2)3/h5-9H,1-2,10H2,3-4H3. The highest BCUT2D eigenvalue weighted by Crippen LogP contribution is 2.19. The summed E-state index contributed by atoms with van der Waals surface area (Å²) < 4.78 is 5.56. The van der Waals surface area contributed by atoms with Gasteiger partial charge in [-0.2, -0.15) is 0 Å². The first-order valence-electron chi connectivity index (χ1n) is 4.97. The molecule has 1 aromatic carbocycles. The van der Waals surface area contributed by atoms with Crippen molar-refractivity contribution in [3.63, 3.8) is 0 Å². The lowest BCUT2D eigenvalue weighted by atomic mass is 10.1. The first kappa shape index (κ1) is 11.6. The lowest BCUT2D eigenvalue weighted by Gasteiger charge is -2.07. The van der Waals surface area contributed by atoms with E-state index in [4.69, 9.17) is 4.74 Å². The Hall–Kier alpha value is -1.50. The molecular formula is C14H17O. The van der Waals surface area contributed by atoms with Crippen molar-refractivity contribution < 1.29 is 4.74 Å². The van der Waals surface area contributed by atoms with Crippen LogP contribution in [0.25, 0.3) is 5.57 Å². The van der Waals surface area contributed by atoms with Crippen molar-refractivity contribution in [2.75, 3.05) is 6.61 Å². The molecule has 0 heterocycles. The third kappa shape index (κ3) is 3.62. The normalized spacial score (nSPS) is 11.3. The van der Waals surface area contributed by atoms with Crippen LogP contribution in [-0.4, -0.2) is 6.61 Å². The second-order valence-corrected chi connectivity index (χ2v) is 3.66. The van der Waals surface area contributed by atoms with E-state index in [-0.39, 0.29) is 0 Å². The van der Waals surface area contributed by atoms with Gasteiger partial charge in [-0.3, -0.25) is 0 Å². The Labute approximate surface area is 92.1 Å². The zero-order valence-electron chi connectivity index (χ0n) is 9.42. The first-order valence-corrected chi connectivity index (χ1v) is 4.97. The van der Waals surface area contributed by atoms with E-state index in [9.17, 15) is 0 Å². The molecule has 1 rings (SSSR count). The van der Waals surface area contributed by atoms with Gasteiger partial charge in [-0.25, -0.2) is 0 Å². The van der Waals surface area contributed by atoms with Gasteiger partial charge in [0, 0.05) is 0 Å². The van der Waals surface area contributed by atoms with Crippen molar-refractivity contribution in [3.05, 3.63) is 55.0 Å². The summed E-state index contributed by atoms with van der Waals surface area (Å²) in [7, 11) is 0. The van der Waals surface area contributed by atoms with Crippen molar-refractivity contribution in [1.82, 2.24) is 0 Å². The minimum absolute atomic E-state index is 0.566. The molecule has 0 amide bonds. The van der Waals surface area contributed by atoms with Gasteiger partial charge in [0.05, 0.1) is 0 Å². The molecule has 0 aliphatic carbocycles. The molecule has 0 aromatic heterocycles. The maximum absolute atomic E-state index is 5.56. The van der Waals surface area contributed by atoms with E-state index in [1.165, 1.54) is 0 Å². The highest BCUT2D eigenvalue weighted by molar-refractivity contribution is 5.65. The van der Waals surface area contributed by atoms with Gasteiger partial charge in [-0.15, -0.1) is 0 Å². The Kier molecular flexibility index (Phi) is 4.17. The van der Waals surface area contributed by atoms with Crippen LogP contribution in [0, 0.1) is 6.92 Å². The number of benzene rings is 1. The quantitative estimate of drug-likeness (QED) is 0.672. The SMILES string of the molecule is [CH2]C=C(C)c1cccc(OCC(=C)C)c1. The predicted octanol–water partition coefficient (Wildman–Crippen LogP) is 3.88. The number of allylic oxidation sites excluding steroid dienone is 2. The molecule has 0 saturated heterocycles. The Morgan fingerprint density at radius 2 is 2.13 bits per heavy atom. The molecule has 0 aliphatic heterocycles. The Balaban J connectivity index is 2.79. The smallest absolute Gasteiger partial charge is 0.120 e. The van der Waals surface area contributed by atoms with E-state index in [0.717, 1.165) is 22.5 Å². The number of ether oxygens (including phenoxy) is 1. The summed E-state index contributed by atoms with van der Waals surface area (Å²) in [5, 5.41) is 0. The van der Waals surface area contributed by atoms with Crippen molar-refractivity contribution in [3.8, 4) is 5.75 Å². The molecule has 0 unspecified atom stereocenters. The summed E-state index contributed by atoms with van der Waals surface area (Å²) in [6, 6.07) is 7.99. The fourth-order valence-corrected chi connectivity index (χ4v) is 1.16. The monoisotopic (exact) mass is 201 g/mol. The van der Waals surface area contributed by atoms with Crippen LogP contribution in [-0.2, 0) is 0 Å². The Morgan fingerprint density at radius 3 is 2.73 bits per heavy atom. The van der Waals surface area contributed by atoms with Gasteiger partial charge in [-0.1, -0.05) is 24.8 Å². The molecule has 0 bridgehead atoms. The van der Waals surface area contributed by atoms with Crippen LogP contribution in [0.15, 0.2) is 42.5 Å². The maximum Gasteiger partial charge on any atom is 0.120 e. The number of hydrogen-bond donors (Lipinski definition) is 0. The van der Waals surface area contributed by atoms with Gasteiger partial charge in [0.15, 0.2) is 0 Å². The summed E-state index contributed by atoms with van der Waals surface area (Å²) in [6.45, 7) is 12.1. The molecule has 0 aliphatic rings. The molecule has 15 heavy (non-hydrogen) atoms. The first-order chi connectivity index (χ1) is 7.13. The maximum atomic E-state index is 5.56. The molecule has 1 radical (unpaired) electrons. The highest BCUT2D eigenvalue weighted by atomic mass is 16.5. The van der Waals surface area contributed by atoms with Crippen LogP contribution < -0.4 is 4.74 Å². The van der Waals surface area contributed by atoms with Gasteiger partial charge in [0.25, 0.3) is 0 Å². The second-order valence-electron chi connectivity index (χ2n) is 3.66. The average molecular weight is 201 g/mol. The molecule has 0 spiro atoms. The molecule has 79 valence electrons. The zero-order valence-corrected chi connectivity index (χ0v) is 9.42. The molecule has 1 nitrogen and oxygen atoms in total. The summed E-state index contributed by atoms with van der Waals surface area (Å²) in [4.78, 5) is 0. The fraction of sp³-hybridized carbons (Fsp3) is 0.214. The molecule has 0 N–H and O–H groups in total. The van der Waals surface area contributed by atoms with Crippen molar-refractivity contribution in [2.24, 2.45) is 0 Å². The fourth-order valence-electron chi connectivity index (χ4n) is 1.16. The van der Waals surface area contributed by atoms with Crippen LogP contribution in [0.4, 0.5) is 0 Å². The molecule has 1 aromatic rings. The van der Waals surface area contributed by atoms with E-state index in [0.29, 0.717) is 6.61 Å². The van der Waals surface area contributed by atoms with E-state index in [1.807, 2.05) is 44.2 Å². The summed E-state index contributed by atoms with van der Waals surface area (Å²) in [5.41, 5.74) is 3.31. The average Bonchev–Trinajstić information content (AvgIpc) is 2.25. The lowest BCUT2D eigenvalue weighted by Crippen LogP contribution is -1.97. The Bertz CT molecular complexity index is 375. The van der Waals surface area contributed by atoms with Gasteiger partial charge in [-0.05, 0) is 49.6 Å². The van der Waals surface area contributed by atoms with Crippen LogP contribution >= 0.6 is 0 Å². The minimum atomic E-state index is 0.566. The predicted molar refractivity (Wildman–Crippen MR) is 65.8 cm³/mol. The molecule has 1 heteroatoms. The van der Waals surface area contributed by atoms with Crippen molar-refractivity contribution in [2.45, 2.75) is 13.8 Å². The zero-order chi connectivity index (χ0) is 11.3. The number of hydrogen-bond acceptors (Lipinski definition) is 1. The van der Waals surface area contributed by atoms with E-state index in [2.05, 4.69) is 13.5 Å². The summed E-state index contributed by atoms with van der Waals surface area (Å²) in [5.74, 6) is 0.872. The van der Waals surface area contributed by atoms with Crippen LogP contribution in [0.2, 0.25) is 0 Å². The van der Waals surface area contributed by atoms with Gasteiger partial charge in [0.1, 0.15) is 12.4 Å².